The van der Waals surface area contributed by atoms with Gasteiger partial charge in [-0.2, -0.15) is 0 Å². The lowest BCUT2D eigenvalue weighted by molar-refractivity contribution is 0.224. The van der Waals surface area contributed by atoms with E-state index in [1.54, 1.807) is 0 Å². The van der Waals surface area contributed by atoms with Gasteiger partial charge in [0.15, 0.2) is 0 Å². The normalized spacial score (nSPS) is 16.5. The Labute approximate surface area is 187 Å². The van der Waals surface area contributed by atoms with Crippen molar-refractivity contribution in [2.24, 2.45) is 0 Å². The second kappa shape index (κ2) is 8.96. The van der Waals surface area contributed by atoms with E-state index in [4.69, 9.17) is 13.7 Å². The number of hydrogen-bond acceptors (Lipinski definition) is 7. The number of ether oxygens (including phenoxy) is 1. The minimum atomic E-state index is 0.332. The monoisotopic (exact) mass is 430 g/mol. The first kappa shape index (κ1) is 20.5. The molecule has 1 aliphatic rings. The molecular weight excluding hydrogens is 404 g/mol. The van der Waals surface area contributed by atoms with Gasteiger partial charge in [0.05, 0.1) is 13.2 Å². The van der Waals surface area contributed by atoms with E-state index in [0.29, 0.717) is 42.4 Å². The van der Waals surface area contributed by atoms with Crippen LogP contribution in [-0.4, -0.2) is 33.4 Å². The van der Waals surface area contributed by atoms with Crippen molar-refractivity contribution in [2.45, 2.75) is 39.3 Å². The number of hydrogen-bond donors (Lipinski definition) is 0. The Bertz CT molecular complexity index is 1170. The van der Waals surface area contributed by atoms with Crippen molar-refractivity contribution in [3.8, 4) is 28.5 Å². The summed E-state index contributed by atoms with van der Waals surface area (Å²) in [4.78, 5) is 2.39. The Hall–Kier alpha value is -3.45. The Balaban J connectivity index is 1.35. The van der Waals surface area contributed by atoms with Crippen LogP contribution in [0.2, 0.25) is 0 Å². The van der Waals surface area contributed by atoms with Gasteiger partial charge in [0.25, 0.3) is 5.89 Å². The predicted octanol–water partition coefficient (Wildman–Crippen LogP) is 5.44. The van der Waals surface area contributed by atoms with Crippen molar-refractivity contribution in [3.63, 3.8) is 0 Å². The van der Waals surface area contributed by atoms with Gasteiger partial charge in [0.2, 0.25) is 5.89 Å². The van der Waals surface area contributed by atoms with Crippen molar-refractivity contribution in [1.29, 1.82) is 0 Å². The topological polar surface area (TPSA) is 77.4 Å². The fourth-order valence-electron chi connectivity index (χ4n) is 4.36. The molecule has 7 heteroatoms. The minimum Gasteiger partial charge on any atom is -0.494 e. The van der Waals surface area contributed by atoms with E-state index in [9.17, 15) is 0 Å². The predicted molar refractivity (Wildman–Crippen MR) is 120 cm³/mol. The van der Waals surface area contributed by atoms with Gasteiger partial charge in [-0.1, -0.05) is 47.6 Å². The van der Waals surface area contributed by atoms with E-state index >= 15 is 0 Å². The Morgan fingerprint density at radius 2 is 1.88 bits per heavy atom. The molecule has 0 N–H and O–H groups in total. The smallest absolute Gasteiger partial charge is 0.253 e. The van der Waals surface area contributed by atoms with Crippen molar-refractivity contribution < 1.29 is 13.7 Å². The summed E-state index contributed by atoms with van der Waals surface area (Å²) < 4.78 is 17.1. The van der Waals surface area contributed by atoms with E-state index in [1.165, 1.54) is 5.56 Å². The standard InChI is InChI=1S/C25H26N4O3/c1-3-30-20-13-11-18(12-14-20)21-10-7-15-29(21)16-22-26-27-25(31-22)23-17(2)32-28-24(23)19-8-5-4-6-9-19/h4-6,8-9,11-14,21H,3,7,10,15-16H2,1-2H3. The highest BCUT2D eigenvalue weighted by Crippen LogP contribution is 2.36. The van der Waals surface area contributed by atoms with Gasteiger partial charge in [-0.05, 0) is 50.9 Å². The molecule has 0 spiro atoms. The van der Waals surface area contributed by atoms with E-state index in [2.05, 4.69) is 32.4 Å². The maximum absolute atomic E-state index is 6.08. The average Bonchev–Trinajstić information content (AvgIpc) is 3.56. The van der Waals surface area contributed by atoms with Crippen molar-refractivity contribution in [1.82, 2.24) is 20.3 Å². The molecule has 1 atom stereocenters. The van der Waals surface area contributed by atoms with Crippen LogP contribution in [0.1, 0.15) is 43.0 Å². The molecule has 2 aromatic carbocycles. The molecular formula is C25H26N4O3. The van der Waals surface area contributed by atoms with Crippen LogP contribution in [0.15, 0.2) is 63.5 Å². The number of rotatable bonds is 7. The lowest BCUT2D eigenvalue weighted by Gasteiger charge is -2.23. The summed E-state index contributed by atoms with van der Waals surface area (Å²) in [6, 6.07) is 18.6. The number of aromatic nitrogens is 3. The number of nitrogens with zero attached hydrogens (tertiary/aromatic N) is 4. The van der Waals surface area contributed by atoms with E-state index < -0.39 is 0 Å². The molecule has 1 fully saturated rings. The molecule has 0 aliphatic carbocycles. The van der Waals surface area contributed by atoms with Crippen LogP contribution in [-0.2, 0) is 6.54 Å². The SMILES string of the molecule is CCOc1ccc(C2CCCN2Cc2nnc(-c3c(-c4ccccc4)noc3C)o2)cc1. The first-order valence-electron chi connectivity index (χ1n) is 11.0. The third-order valence-electron chi connectivity index (χ3n) is 5.87. The van der Waals surface area contributed by atoms with Crippen molar-refractivity contribution in [3.05, 3.63) is 71.8 Å². The van der Waals surface area contributed by atoms with Crippen LogP contribution in [0.5, 0.6) is 5.75 Å². The summed E-state index contributed by atoms with van der Waals surface area (Å²) in [6.07, 6.45) is 2.25. The zero-order chi connectivity index (χ0) is 21.9. The summed E-state index contributed by atoms with van der Waals surface area (Å²) in [5.41, 5.74) is 3.70. The Kier molecular flexibility index (Phi) is 5.73. The van der Waals surface area contributed by atoms with Gasteiger partial charge < -0.3 is 13.7 Å². The van der Waals surface area contributed by atoms with E-state index in [0.717, 1.165) is 36.3 Å². The molecule has 0 bridgehead atoms. The van der Waals surface area contributed by atoms with Crippen LogP contribution in [0, 0.1) is 6.92 Å². The molecule has 1 unspecified atom stereocenters. The summed E-state index contributed by atoms with van der Waals surface area (Å²) in [5, 5.41) is 12.9. The maximum Gasteiger partial charge on any atom is 0.253 e. The molecule has 0 amide bonds. The lowest BCUT2D eigenvalue weighted by Crippen LogP contribution is -2.22. The number of likely N-dealkylation sites (tertiary alicyclic amines) is 1. The number of benzene rings is 2. The Morgan fingerprint density at radius 1 is 1.06 bits per heavy atom. The molecule has 1 aliphatic heterocycles. The molecule has 5 rings (SSSR count). The molecule has 2 aromatic heterocycles. The largest absolute Gasteiger partial charge is 0.494 e. The Morgan fingerprint density at radius 3 is 2.66 bits per heavy atom. The third kappa shape index (κ3) is 4.03. The van der Waals surface area contributed by atoms with Crippen LogP contribution < -0.4 is 4.74 Å². The van der Waals surface area contributed by atoms with E-state index in [-0.39, 0.29) is 0 Å². The van der Waals surface area contributed by atoms with Gasteiger partial charge in [0.1, 0.15) is 22.8 Å². The summed E-state index contributed by atoms with van der Waals surface area (Å²) in [5.74, 6) is 2.60. The van der Waals surface area contributed by atoms with Crippen molar-refractivity contribution in [2.75, 3.05) is 13.2 Å². The second-order valence-corrected chi connectivity index (χ2v) is 7.96. The van der Waals surface area contributed by atoms with Gasteiger partial charge in [-0.25, -0.2) is 0 Å². The second-order valence-electron chi connectivity index (χ2n) is 7.96. The van der Waals surface area contributed by atoms with Gasteiger partial charge in [0, 0.05) is 11.6 Å². The molecule has 7 nitrogen and oxygen atoms in total. The van der Waals surface area contributed by atoms with Crippen molar-refractivity contribution >= 4 is 0 Å². The highest BCUT2D eigenvalue weighted by Gasteiger charge is 2.28. The summed E-state index contributed by atoms with van der Waals surface area (Å²) in [6.45, 7) is 6.13. The molecule has 1 saturated heterocycles. The number of aryl methyl sites for hydroxylation is 1. The minimum absolute atomic E-state index is 0.332. The average molecular weight is 431 g/mol. The van der Waals surface area contributed by atoms with E-state index in [1.807, 2.05) is 56.3 Å². The molecule has 32 heavy (non-hydrogen) atoms. The molecule has 164 valence electrons. The molecule has 4 aromatic rings. The highest BCUT2D eigenvalue weighted by molar-refractivity contribution is 5.77. The fourth-order valence-corrected chi connectivity index (χ4v) is 4.36. The molecule has 0 radical (unpaired) electrons. The van der Waals surface area contributed by atoms with Gasteiger partial charge in [-0.3, -0.25) is 4.90 Å². The zero-order valence-electron chi connectivity index (χ0n) is 18.3. The lowest BCUT2D eigenvalue weighted by atomic mass is 10.0. The van der Waals surface area contributed by atoms with Gasteiger partial charge in [-0.15, -0.1) is 10.2 Å². The summed E-state index contributed by atoms with van der Waals surface area (Å²) in [7, 11) is 0. The zero-order valence-corrected chi connectivity index (χ0v) is 18.3. The first-order valence-corrected chi connectivity index (χ1v) is 11.0. The quantitative estimate of drug-likeness (QED) is 0.386. The first-order chi connectivity index (χ1) is 15.7. The van der Waals surface area contributed by atoms with Crippen LogP contribution in [0.25, 0.3) is 22.7 Å². The summed E-state index contributed by atoms with van der Waals surface area (Å²) >= 11 is 0. The third-order valence-corrected chi connectivity index (χ3v) is 5.87. The molecule has 0 saturated carbocycles. The fraction of sp³-hybridized carbons (Fsp3) is 0.320. The van der Waals surface area contributed by atoms with Crippen LogP contribution >= 0.6 is 0 Å². The highest BCUT2D eigenvalue weighted by atomic mass is 16.5. The molecule has 3 heterocycles. The van der Waals surface area contributed by atoms with Crippen LogP contribution in [0.4, 0.5) is 0 Å². The van der Waals surface area contributed by atoms with Crippen LogP contribution in [0.3, 0.4) is 0 Å². The van der Waals surface area contributed by atoms with Gasteiger partial charge >= 0.3 is 0 Å². The maximum atomic E-state index is 6.08.